The minimum absolute atomic E-state index is 0.212. The van der Waals surface area contributed by atoms with Gasteiger partial charge in [0, 0.05) is 11.6 Å². The van der Waals surface area contributed by atoms with Crippen LogP contribution in [-0.4, -0.2) is 70.2 Å². The number of rotatable bonds is 10. The van der Waals surface area contributed by atoms with Crippen molar-refractivity contribution in [2.24, 2.45) is 0 Å². The molecule has 0 aromatic rings. The van der Waals surface area contributed by atoms with Crippen molar-refractivity contribution in [1.82, 2.24) is 5.32 Å². The number of esters is 1. The van der Waals surface area contributed by atoms with Gasteiger partial charge in [-0.1, -0.05) is 19.7 Å². The van der Waals surface area contributed by atoms with Gasteiger partial charge in [-0.3, -0.25) is 13.9 Å². The maximum Gasteiger partial charge on any atom is 0.469 e. The van der Waals surface area contributed by atoms with Crippen LogP contribution in [-0.2, 0) is 38.3 Å². The van der Waals surface area contributed by atoms with Crippen LogP contribution in [0.15, 0.2) is 37.5 Å². The fraction of sp³-hybridized carbons (Fsp3) is 0.438. The molecule has 13 nitrogen and oxygen atoms in total. The standard InChI is InChI=1S/C7H13NO4S.C6H11O6P.C3H4O2/c1-4-6(9)8-7(2,3)5-13(10,11)12;1-5(2)6(7)11-3-4-12-13(8,9)10;1-2-3(4)5/h4H,1,5H2,2-3H3,(H,8,9)(H,10,11,12);1,3-4H2,2H3,(H2,8,9,10);2H,1H2,(H,4,5). The van der Waals surface area contributed by atoms with Crippen LogP contribution in [0, 0.1) is 0 Å². The van der Waals surface area contributed by atoms with E-state index in [0.717, 1.165) is 12.2 Å². The van der Waals surface area contributed by atoms with E-state index >= 15 is 0 Å². The highest BCUT2D eigenvalue weighted by atomic mass is 32.2. The topological polar surface area (TPSA) is 214 Å². The maximum absolute atomic E-state index is 10.8. The average Bonchev–Trinajstić information content (AvgIpc) is 2.55. The zero-order chi connectivity index (χ0) is 25.5. The van der Waals surface area contributed by atoms with E-state index in [2.05, 4.69) is 34.3 Å². The lowest BCUT2D eigenvalue weighted by molar-refractivity contribution is -0.139. The molecule has 0 saturated carbocycles. The summed E-state index contributed by atoms with van der Waals surface area (Å²) >= 11 is 0. The Kier molecular flexibility index (Phi) is 16.6. The Morgan fingerprint density at radius 1 is 1.13 bits per heavy atom. The molecule has 0 radical (unpaired) electrons. The summed E-state index contributed by atoms with van der Waals surface area (Å²) in [6.45, 7) is 13.4. The Bertz CT molecular complexity index is 797. The number of ether oxygens (including phenoxy) is 1. The highest BCUT2D eigenvalue weighted by Crippen LogP contribution is 2.35. The summed E-state index contributed by atoms with van der Waals surface area (Å²) in [6, 6.07) is 0. The first kappa shape index (κ1) is 33.3. The van der Waals surface area contributed by atoms with Crippen molar-refractivity contribution in [1.29, 1.82) is 0 Å². The SMILES string of the molecule is C=C(C)C(=O)OCCOP(=O)(O)O.C=CC(=O)NC(C)(C)CS(=O)(=O)O.C=CC(=O)O. The van der Waals surface area contributed by atoms with E-state index in [1.807, 2.05) is 0 Å². The molecular weight excluding hydrogens is 461 g/mol. The van der Waals surface area contributed by atoms with E-state index in [-0.39, 0.29) is 18.8 Å². The number of aliphatic carboxylic acids is 1. The molecule has 0 fully saturated rings. The van der Waals surface area contributed by atoms with Gasteiger partial charge < -0.3 is 24.9 Å². The fourth-order valence-electron chi connectivity index (χ4n) is 1.29. The van der Waals surface area contributed by atoms with Crippen LogP contribution in [0.5, 0.6) is 0 Å². The van der Waals surface area contributed by atoms with Crippen LogP contribution in [0.25, 0.3) is 0 Å². The zero-order valence-electron chi connectivity index (χ0n) is 17.3. The van der Waals surface area contributed by atoms with E-state index in [0.29, 0.717) is 0 Å². The molecule has 0 aromatic carbocycles. The van der Waals surface area contributed by atoms with Crippen LogP contribution in [0.3, 0.4) is 0 Å². The van der Waals surface area contributed by atoms with Gasteiger partial charge in [0.1, 0.15) is 6.61 Å². The van der Waals surface area contributed by atoms with Gasteiger partial charge >= 0.3 is 19.8 Å². The maximum atomic E-state index is 10.8. The fourth-order valence-corrected chi connectivity index (χ4v) is 2.59. The van der Waals surface area contributed by atoms with Crippen molar-refractivity contribution >= 4 is 35.8 Å². The molecule has 0 rings (SSSR count). The lowest BCUT2D eigenvalue weighted by Gasteiger charge is -2.23. The second kappa shape index (κ2) is 15.5. The number of carbonyl (C=O) groups is 3. The quantitative estimate of drug-likeness (QED) is 0.0928. The van der Waals surface area contributed by atoms with Gasteiger partial charge in [-0.2, -0.15) is 8.42 Å². The largest absolute Gasteiger partial charge is 0.478 e. The van der Waals surface area contributed by atoms with Crippen molar-refractivity contribution in [2.75, 3.05) is 19.0 Å². The van der Waals surface area contributed by atoms with Crippen LogP contribution >= 0.6 is 7.82 Å². The number of carbonyl (C=O) groups excluding carboxylic acids is 2. The molecule has 0 spiro atoms. The summed E-state index contributed by atoms with van der Waals surface area (Å²) in [5.74, 6) is -2.60. The lowest BCUT2D eigenvalue weighted by atomic mass is 10.1. The van der Waals surface area contributed by atoms with Gasteiger partial charge in [0.25, 0.3) is 10.1 Å². The van der Waals surface area contributed by atoms with Crippen LogP contribution in [0.1, 0.15) is 20.8 Å². The van der Waals surface area contributed by atoms with Crippen molar-refractivity contribution in [3.63, 3.8) is 0 Å². The second-order valence-electron chi connectivity index (χ2n) is 6.09. The molecule has 15 heteroatoms. The smallest absolute Gasteiger partial charge is 0.469 e. The summed E-state index contributed by atoms with van der Waals surface area (Å²) in [7, 11) is -8.55. The molecule has 0 heterocycles. The lowest BCUT2D eigenvalue weighted by Crippen LogP contribution is -2.47. The molecule has 0 unspecified atom stereocenters. The van der Waals surface area contributed by atoms with Gasteiger partial charge in [-0.15, -0.1) is 0 Å². The highest BCUT2D eigenvalue weighted by molar-refractivity contribution is 7.85. The normalized spacial score (nSPS) is 10.8. The third-order valence-corrected chi connectivity index (χ3v) is 3.89. The minimum atomic E-state index is -4.46. The van der Waals surface area contributed by atoms with E-state index < -0.39 is 47.1 Å². The molecule has 1 amide bonds. The summed E-state index contributed by atoms with van der Waals surface area (Å²) in [5, 5.41) is 9.97. The van der Waals surface area contributed by atoms with E-state index in [1.54, 1.807) is 0 Å². The Labute approximate surface area is 180 Å². The summed E-state index contributed by atoms with van der Waals surface area (Å²) in [6.07, 6.45) is 1.87. The number of carboxylic acids is 1. The minimum Gasteiger partial charge on any atom is -0.478 e. The predicted molar refractivity (Wildman–Crippen MR) is 110 cm³/mol. The van der Waals surface area contributed by atoms with Crippen molar-refractivity contribution < 1.29 is 56.1 Å². The number of phosphoric ester groups is 1. The van der Waals surface area contributed by atoms with E-state index in [9.17, 15) is 27.4 Å². The Balaban J connectivity index is -0.000000416. The van der Waals surface area contributed by atoms with Crippen molar-refractivity contribution in [3.8, 4) is 0 Å². The average molecular weight is 489 g/mol. The Hall–Kier alpha value is -2.35. The van der Waals surface area contributed by atoms with Crippen LogP contribution in [0.2, 0.25) is 0 Å². The van der Waals surface area contributed by atoms with E-state index in [4.69, 9.17) is 19.4 Å². The van der Waals surface area contributed by atoms with Gasteiger partial charge in [-0.25, -0.2) is 14.2 Å². The molecule has 180 valence electrons. The van der Waals surface area contributed by atoms with Crippen LogP contribution < -0.4 is 5.32 Å². The molecule has 0 aromatic heterocycles. The molecule has 0 saturated heterocycles. The molecule has 0 aliphatic heterocycles. The molecule has 0 atom stereocenters. The predicted octanol–water partition coefficient (Wildman–Crippen LogP) is 0.427. The Morgan fingerprint density at radius 2 is 1.58 bits per heavy atom. The van der Waals surface area contributed by atoms with Crippen molar-refractivity contribution in [3.05, 3.63) is 37.5 Å². The molecule has 0 bridgehead atoms. The van der Waals surface area contributed by atoms with Gasteiger partial charge in [0.15, 0.2) is 0 Å². The highest BCUT2D eigenvalue weighted by Gasteiger charge is 2.25. The first-order valence-electron chi connectivity index (χ1n) is 8.04. The third-order valence-electron chi connectivity index (χ3n) is 2.29. The number of phosphoric acid groups is 1. The van der Waals surface area contributed by atoms with Gasteiger partial charge in [0.05, 0.1) is 17.9 Å². The van der Waals surface area contributed by atoms with Crippen LogP contribution in [0.4, 0.5) is 0 Å². The molecule has 31 heavy (non-hydrogen) atoms. The third kappa shape index (κ3) is 29.9. The number of carboxylic acid groups (broad SMARTS) is 1. The second-order valence-corrected chi connectivity index (χ2v) is 8.78. The summed E-state index contributed by atoms with van der Waals surface area (Å²) in [4.78, 5) is 47.2. The molecule has 0 aliphatic rings. The summed E-state index contributed by atoms with van der Waals surface area (Å²) in [5.41, 5.74) is -0.782. The number of amides is 1. The van der Waals surface area contributed by atoms with Gasteiger partial charge in [0.2, 0.25) is 5.91 Å². The monoisotopic (exact) mass is 489 g/mol. The molecular formula is C16H28NO12PS. The zero-order valence-corrected chi connectivity index (χ0v) is 19.0. The number of nitrogens with one attached hydrogen (secondary N) is 1. The number of hydrogen-bond donors (Lipinski definition) is 5. The molecule has 5 N–H and O–H groups in total. The molecule has 0 aliphatic carbocycles. The number of hydrogen-bond acceptors (Lipinski definition) is 8. The van der Waals surface area contributed by atoms with Crippen molar-refractivity contribution in [2.45, 2.75) is 26.3 Å². The Morgan fingerprint density at radius 3 is 1.87 bits per heavy atom. The van der Waals surface area contributed by atoms with E-state index in [1.165, 1.54) is 20.8 Å². The summed E-state index contributed by atoms with van der Waals surface area (Å²) < 4.78 is 48.2. The first-order chi connectivity index (χ1) is 13.8. The van der Waals surface area contributed by atoms with Gasteiger partial charge in [-0.05, 0) is 26.8 Å². The first-order valence-corrected chi connectivity index (χ1v) is 11.2.